The second-order valence-corrected chi connectivity index (χ2v) is 6.15. The van der Waals surface area contributed by atoms with E-state index in [2.05, 4.69) is 27.9 Å². The lowest BCUT2D eigenvalue weighted by atomic mass is 10.0. The molecule has 0 aliphatic carbocycles. The standard InChI is InChI=1S/C16H8F4INO/c17-14-8(2-1-3-12(14)16(18,19)20)6-11-10-7-9(21)4-5-13(10)22-15(11)23/h1-7H,(H,22,23). The molecule has 2 nitrogen and oxygen atoms in total. The van der Waals surface area contributed by atoms with Crippen molar-refractivity contribution in [3.8, 4) is 0 Å². The first-order chi connectivity index (χ1) is 10.8. The van der Waals surface area contributed by atoms with Crippen LogP contribution in [-0.2, 0) is 11.0 Å². The molecular formula is C16H8F4INO. The molecule has 1 aliphatic heterocycles. The fourth-order valence-electron chi connectivity index (χ4n) is 2.34. The van der Waals surface area contributed by atoms with Gasteiger partial charge in [-0.1, -0.05) is 12.1 Å². The average Bonchev–Trinajstić information content (AvgIpc) is 2.76. The van der Waals surface area contributed by atoms with Crippen LogP contribution in [0.1, 0.15) is 16.7 Å². The molecule has 1 heterocycles. The summed E-state index contributed by atoms with van der Waals surface area (Å²) in [6.45, 7) is 0. The fourth-order valence-corrected chi connectivity index (χ4v) is 2.83. The van der Waals surface area contributed by atoms with Crippen LogP contribution in [-0.4, -0.2) is 5.91 Å². The summed E-state index contributed by atoms with van der Waals surface area (Å²) in [6, 6.07) is 8.18. The summed E-state index contributed by atoms with van der Waals surface area (Å²) in [5, 5.41) is 2.60. The van der Waals surface area contributed by atoms with E-state index in [1.807, 2.05) is 0 Å². The number of nitrogens with one attached hydrogen (secondary N) is 1. The van der Waals surface area contributed by atoms with Gasteiger partial charge in [0.25, 0.3) is 5.91 Å². The molecular weight excluding hydrogens is 425 g/mol. The molecule has 0 fully saturated rings. The molecule has 0 unspecified atom stereocenters. The zero-order valence-corrected chi connectivity index (χ0v) is 13.5. The molecule has 7 heteroatoms. The van der Waals surface area contributed by atoms with Crippen LogP contribution in [0.3, 0.4) is 0 Å². The number of rotatable bonds is 1. The summed E-state index contributed by atoms with van der Waals surface area (Å²) in [5.41, 5.74) is -0.408. The first-order valence-corrected chi connectivity index (χ1v) is 7.54. The Bertz CT molecular complexity index is 842. The third-order valence-electron chi connectivity index (χ3n) is 3.40. The average molecular weight is 433 g/mol. The van der Waals surface area contributed by atoms with E-state index in [0.29, 0.717) is 17.3 Å². The zero-order chi connectivity index (χ0) is 16.8. The molecule has 1 aliphatic rings. The molecule has 1 amide bonds. The van der Waals surface area contributed by atoms with Crippen LogP contribution in [0.15, 0.2) is 36.4 Å². The van der Waals surface area contributed by atoms with Crippen molar-refractivity contribution in [3.05, 3.63) is 62.5 Å². The minimum absolute atomic E-state index is 0.136. The molecule has 0 atom stereocenters. The Morgan fingerprint density at radius 3 is 2.57 bits per heavy atom. The Kier molecular flexibility index (Phi) is 3.91. The molecule has 0 spiro atoms. The topological polar surface area (TPSA) is 29.1 Å². The number of alkyl halides is 3. The quantitative estimate of drug-likeness (QED) is 0.386. The van der Waals surface area contributed by atoms with Crippen molar-refractivity contribution in [2.24, 2.45) is 0 Å². The lowest BCUT2D eigenvalue weighted by Crippen LogP contribution is -2.09. The first-order valence-electron chi connectivity index (χ1n) is 6.46. The Morgan fingerprint density at radius 1 is 1.13 bits per heavy atom. The normalized spacial score (nSPS) is 15.7. The number of halogens is 5. The van der Waals surface area contributed by atoms with Crippen molar-refractivity contribution < 1.29 is 22.4 Å². The molecule has 23 heavy (non-hydrogen) atoms. The zero-order valence-electron chi connectivity index (χ0n) is 11.3. The molecule has 0 radical (unpaired) electrons. The van der Waals surface area contributed by atoms with Gasteiger partial charge in [0.05, 0.1) is 5.56 Å². The van der Waals surface area contributed by atoms with Crippen LogP contribution >= 0.6 is 22.6 Å². The lowest BCUT2D eigenvalue weighted by molar-refractivity contribution is -0.140. The van der Waals surface area contributed by atoms with Crippen LogP contribution < -0.4 is 5.32 Å². The predicted octanol–water partition coefficient (Wildman–Crippen LogP) is 4.94. The monoisotopic (exact) mass is 433 g/mol. The third kappa shape index (κ3) is 2.97. The van der Waals surface area contributed by atoms with E-state index in [0.717, 1.165) is 15.7 Å². The van der Waals surface area contributed by atoms with E-state index in [4.69, 9.17) is 0 Å². The van der Waals surface area contributed by atoms with Crippen LogP contribution in [0.5, 0.6) is 0 Å². The highest BCUT2D eigenvalue weighted by Gasteiger charge is 2.35. The molecule has 0 aromatic heterocycles. The van der Waals surface area contributed by atoms with E-state index in [-0.39, 0.29) is 11.1 Å². The van der Waals surface area contributed by atoms with Crippen molar-refractivity contribution in [2.45, 2.75) is 6.18 Å². The van der Waals surface area contributed by atoms with Crippen LogP contribution in [0.4, 0.5) is 23.2 Å². The van der Waals surface area contributed by atoms with Gasteiger partial charge in [0, 0.05) is 26.0 Å². The van der Waals surface area contributed by atoms with Gasteiger partial charge in [-0.2, -0.15) is 13.2 Å². The summed E-state index contributed by atoms with van der Waals surface area (Å²) < 4.78 is 53.3. The molecule has 3 rings (SSSR count). The number of hydrogen-bond acceptors (Lipinski definition) is 1. The Balaban J connectivity index is 2.14. The van der Waals surface area contributed by atoms with E-state index >= 15 is 0 Å². The number of amides is 1. The maximum absolute atomic E-state index is 14.1. The number of benzene rings is 2. The van der Waals surface area contributed by atoms with Crippen molar-refractivity contribution in [3.63, 3.8) is 0 Å². The van der Waals surface area contributed by atoms with Crippen LogP contribution in [0, 0.1) is 9.39 Å². The third-order valence-corrected chi connectivity index (χ3v) is 4.07. The summed E-state index contributed by atoms with van der Waals surface area (Å²) >= 11 is 2.05. The van der Waals surface area contributed by atoms with Gasteiger partial charge in [0.2, 0.25) is 0 Å². The largest absolute Gasteiger partial charge is 0.419 e. The Morgan fingerprint density at radius 2 is 1.87 bits per heavy atom. The summed E-state index contributed by atoms with van der Waals surface area (Å²) in [6.07, 6.45) is -3.65. The van der Waals surface area contributed by atoms with E-state index in [1.165, 1.54) is 6.07 Å². The number of carbonyl (C=O) groups excluding carboxylic acids is 1. The minimum atomic E-state index is -4.79. The van der Waals surface area contributed by atoms with Crippen LogP contribution in [0.25, 0.3) is 11.6 Å². The highest BCUT2D eigenvalue weighted by molar-refractivity contribution is 14.1. The van der Waals surface area contributed by atoms with E-state index < -0.39 is 23.5 Å². The van der Waals surface area contributed by atoms with Gasteiger partial charge < -0.3 is 5.32 Å². The van der Waals surface area contributed by atoms with Gasteiger partial charge in [-0.15, -0.1) is 0 Å². The van der Waals surface area contributed by atoms with Gasteiger partial charge >= 0.3 is 6.18 Å². The van der Waals surface area contributed by atoms with Crippen molar-refractivity contribution >= 4 is 45.8 Å². The maximum atomic E-state index is 14.1. The SMILES string of the molecule is O=C1Nc2ccc(I)cc2C1=Cc1cccc(C(F)(F)F)c1F. The van der Waals surface area contributed by atoms with Gasteiger partial charge in [-0.3, -0.25) is 4.79 Å². The summed E-state index contributed by atoms with van der Waals surface area (Å²) in [4.78, 5) is 12.0. The van der Waals surface area contributed by atoms with Gasteiger partial charge in [-0.05, 0) is 52.9 Å². The smallest absolute Gasteiger partial charge is 0.321 e. The van der Waals surface area contributed by atoms with Crippen LogP contribution in [0.2, 0.25) is 0 Å². The van der Waals surface area contributed by atoms with Gasteiger partial charge in [0.1, 0.15) is 5.82 Å². The van der Waals surface area contributed by atoms with Gasteiger partial charge in [0.15, 0.2) is 0 Å². The molecule has 0 bridgehead atoms. The Labute approximate surface area is 142 Å². The molecule has 2 aromatic rings. The molecule has 2 aromatic carbocycles. The predicted molar refractivity (Wildman–Crippen MR) is 87.1 cm³/mol. The van der Waals surface area contributed by atoms with Crippen molar-refractivity contribution in [1.82, 2.24) is 0 Å². The lowest BCUT2D eigenvalue weighted by Gasteiger charge is -2.09. The molecule has 118 valence electrons. The fraction of sp³-hybridized carbons (Fsp3) is 0.0625. The summed E-state index contributed by atoms with van der Waals surface area (Å²) in [5.74, 6) is -1.86. The molecule has 1 N–H and O–H groups in total. The summed E-state index contributed by atoms with van der Waals surface area (Å²) in [7, 11) is 0. The first kappa shape index (κ1) is 16.0. The number of fused-ring (bicyclic) bond motifs is 1. The van der Waals surface area contributed by atoms with Crippen molar-refractivity contribution in [1.29, 1.82) is 0 Å². The van der Waals surface area contributed by atoms with E-state index in [9.17, 15) is 22.4 Å². The molecule has 0 saturated heterocycles. The second-order valence-electron chi connectivity index (χ2n) is 4.91. The highest BCUT2D eigenvalue weighted by atomic mass is 127. The van der Waals surface area contributed by atoms with Gasteiger partial charge in [-0.25, -0.2) is 4.39 Å². The number of anilines is 1. The minimum Gasteiger partial charge on any atom is -0.321 e. The molecule has 0 saturated carbocycles. The van der Waals surface area contributed by atoms with E-state index in [1.54, 1.807) is 18.2 Å². The Hall–Kier alpha value is -1.90. The second kappa shape index (κ2) is 5.63. The highest BCUT2D eigenvalue weighted by Crippen LogP contribution is 2.36. The number of carbonyl (C=O) groups is 1. The maximum Gasteiger partial charge on any atom is 0.419 e. The van der Waals surface area contributed by atoms with Crippen molar-refractivity contribution in [2.75, 3.05) is 5.32 Å². The number of hydrogen-bond donors (Lipinski definition) is 1.